The maximum atomic E-state index is 13.1. The molecule has 0 aliphatic carbocycles. The molecule has 0 bridgehead atoms. The van der Waals surface area contributed by atoms with Gasteiger partial charge in [0.2, 0.25) is 0 Å². The van der Waals surface area contributed by atoms with Gasteiger partial charge in [-0.1, -0.05) is 36.1 Å². The Morgan fingerprint density at radius 3 is 2.62 bits per heavy atom. The number of benzene rings is 2. The number of nitrogens with zero attached hydrogens (tertiary/aromatic N) is 1. The first kappa shape index (κ1) is 16.5. The molecule has 2 aromatic rings. The lowest BCUT2D eigenvalue weighted by atomic mass is 10.1. The molecule has 1 aliphatic rings. The summed E-state index contributed by atoms with van der Waals surface area (Å²) >= 11 is 6.37. The maximum Gasteiger partial charge on any atom is 0.270 e. The van der Waals surface area contributed by atoms with Crippen molar-refractivity contribution in [2.45, 2.75) is 0 Å². The summed E-state index contributed by atoms with van der Waals surface area (Å²) in [5.74, 6) is -0.440. The summed E-state index contributed by atoms with van der Waals surface area (Å²) in [5, 5.41) is 10.1. The monoisotopic (exact) mass is 361 g/mol. The number of phenols is 1. The van der Waals surface area contributed by atoms with Crippen molar-refractivity contribution >= 4 is 46.0 Å². The number of thioether (sulfide) groups is 1. The van der Waals surface area contributed by atoms with E-state index in [1.807, 2.05) is 0 Å². The third-order valence-electron chi connectivity index (χ3n) is 3.42. The van der Waals surface area contributed by atoms with Crippen LogP contribution in [-0.2, 0) is 4.79 Å². The third-order valence-corrected chi connectivity index (χ3v) is 4.72. The molecule has 122 valence electrons. The molecule has 0 atom stereocenters. The summed E-state index contributed by atoms with van der Waals surface area (Å²) in [6, 6.07) is 10.5. The van der Waals surface area contributed by atoms with Gasteiger partial charge in [0.05, 0.1) is 17.7 Å². The van der Waals surface area contributed by atoms with Crippen molar-refractivity contribution in [3.8, 4) is 11.5 Å². The lowest BCUT2D eigenvalue weighted by Gasteiger charge is -2.14. The minimum atomic E-state index is -0.388. The minimum Gasteiger partial charge on any atom is -0.504 e. The van der Waals surface area contributed by atoms with Gasteiger partial charge in [-0.25, -0.2) is 4.39 Å². The fourth-order valence-corrected chi connectivity index (χ4v) is 3.53. The molecule has 1 amide bonds. The van der Waals surface area contributed by atoms with Crippen LogP contribution in [0.2, 0.25) is 0 Å². The summed E-state index contributed by atoms with van der Waals surface area (Å²) in [4.78, 5) is 14.3. The van der Waals surface area contributed by atoms with Gasteiger partial charge in [0.1, 0.15) is 5.82 Å². The summed E-state index contributed by atoms with van der Waals surface area (Å²) < 4.78 is 18.5. The number of anilines is 1. The van der Waals surface area contributed by atoms with Gasteiger partial charge in [-0.2, -0.15) is 0 Å². The highest BCUT2D eigenvalue weighted by Gasteiger charge is 2.33. The van der Waals surface area contributed by atoms with E-state index in [4.69, 9.17) is 17.0 Å². The molecule has 0 spiro atoms. The molecular formula is C17H12FNO3S2. The zero-order valence-electron chi connectivity index (χ0n) is 12.5. The molecular weight excluding hydrogens is 349 g/mol. The van der Waals surface area contributed by atoms with Crippen LogP contribution in [0.1, 0.15) is 5.56 Å². The Labute approximate surface area is 147 Å². The second kappa shape index (κ2) is 6.62. The van der Waals surface area contributed by atoms with Gasteiger partial charge in [0.25, 0.3) is 5.91 Å². The number of ether oxygens (including phenoxy) is 1. The lowest BCUT2D eigenvalue weighted by molar-refractivity contribution is -0.113. The number of phenolic OH excluding ortho intramolecular Hbond substituents is 1. The average Bonchev–Trinajstić information content (AvgIpc) is 2.84. The predicted molar refractivity (Wildman–Crippen MR) is 96.7 cm³/mol. The number of para-hydroxylation sites is 1. The van der Waals surface area contributed by atoms with Crippen LogP contribution in [-0.4, -0.2) is 22.4 Å². The quantitative estimate of drug-likeness (QED) is 0.663. The van der Waals surface area contributed by atoms with Crippen LogP contribution in [0, 0.1) is 5.82 Å². The van der Waals surface area contributed by atoms with Crippen molar-refractivity contribution in [3.05, 3.63) is 58.8 Å². The molecule has 2 aromatic carbocycles. The molecule has 0 saturated carbocycles. The highest BCUT2D eigenvalue weighted by molar-refractivity contribution is 8.27. The first-order valence-electron chi connectivity index (χ1n) is 6.91. The summed E-state index contributed by atoms with van der Waals surface area (Å²) in [5.41, 5.74) is 0.950. The number of halogens is 1. The highest BCUT2D eigenvalue weighted by Crippen LogP contribution is 2.38. The summed E-state index contributed by atoms with van der Waals surface area (Å²) in [6.07, 6.45) is 1.56. The fourth-order valence-electron chi connectivity index (χ4n) is 2.24. The lowest BCUT2D eigenvalue weighted by Crippen LogP contribution is -2.27. The zero-order chi connectivity index (χ0) is 17.3. The summed E-state index contributed by atoms with van der Waals surface area (Å²) in [6.45, 7) is 0. The first-order chi connectivity index (χ1) is 11.5. The van der Waals surface area contributed by atoms with Gasteiger partial charge >= 0.3 is 0 Å². The largest absolute Gasteiger partial charge is 0.504 e. The Morgan fingerprint density at radius 1 is 1.25 bits per heavy atom. The van der Waals surface area contributed by atoms with Gasteiger partial charge in [-0.3, -0.25) is 9.69 Å². The van der Waals surface area contributed by atoms with Crippen LogP contribution in [0.25, 0.3) is 6.08 Å². The molecule has 3 rings (SSSR count). The highest BCUT2D eigenvalue weighted by atomic mass is 32.2. The van der Waals surface area contributed by atoms with E-state index in [-0.39, 0.29) is 17.5 Å². The second-order valence-electron chi connectivity index (χ2n) is 4.89. The molecule has 1 aliphatic heterocycles. The fraction of sp³-hybridized carbons (Fsp3) is 0.0588. The number of amides is 1. The van der Waals surface area contributed by atoms with Gasteiger partial charge in [-0.15, -0.1) is 0 Å². The van der Waals surface area contributed by atoms with Crippen molar-refractivity contribution in [3.63, 3.8) is 0 Å². The predicted octanol–water partition coefficient (Wildman–Crippen LogP) is 3.95. The van der Waals surface area contributed by atoms with Gasteiger partial charge in [-0.05, 0) is 36.4 Å². The maximum absolute atomic E-state index is 13.1. The Hall–Kier alpha value is -2.38. The van der Waals surface area contributed by atoms with Crippen molar-refractivity contribution in [1.82, 2.24) is 0 Å². The zero-order valence-corrected chi connectivity index (χ0v) is 14.2. The Balaban J connectivity index is 1.95. The first-order valence-corrected chi connectivity index (χ1v) is 8.13. The Morgan fingerprint density at radius 2 is 1.96 bits per heavy atom. The molecule has 1 saturated heterocycles. The van der Waals surface area contributed by atoms with Crippen LogP contribution in [0.5, 0.6) is 11.5 Å². The standard InChI is InChI=1S/C17H12FNO3S2/c1-22-13-4-2-3-10(15(13)20)9-14-16(21)19(17(23)24-14)12-7-5-11(18)6-8-12/h2-9,20H,1H3/b14-9-. The van der Waals surface area contributed by atoms with Crippen molar-refractivity contribution in [2.75, 3.05) is 12.0 Å². The number of thiocarbonyl (C=S) groups is 1. The average molecular weight is 361 g/mol. The van der Waals surface area contributed by atoms with Crippen LogP contribution in [0.3, 0.4) is 0 Å². The van der Waals surface area contributed by atoms with Gasteiger partial charge in [0, 0.05) is 5.56 Å². The second-order valence-corrected chi connectivity index (χ2v) is 6.57. The molecule has 7 heteroatoms. The number of aromatic hydroxyl groups is 1. The molecule has 1 N–H and O–H groups in total. The van der Waals surface area contributed by atoms with Gasteiger partial charge in [0.15, 0.2) is 15.8 Å². The molecule has 0 unspecified atom stereocenters. The van der Waals surface area contributed by atoms with Gasteiger partial charge < -0.3 is 9.84 Å². The minimum absolute atomic E-state index is 0.0490. The van der Waals surface area contributed by atoms with E-state index < -0.39 is 0 Å². The van der Waals surface area contributed by atoms with E-state index in [1.165, 1.54) is 36.3 Å². The number of hydrogen-bond donors (Lipinski definition) is 1. The Kier molecular flexibility index (Phi) is 4.55. The van der Waals surface area contributed by atoms with Crippen molar-refractivity contribution in [2.24, 2.45) is 0 Å². The number of rotatable bonds is 3. The number of methoxy groups -OCH3 is 1. The molecule has 1 fully saturated rings. The van der Waals surface area contributed by atoms with Crippen molar-refractivity contribution in [1.29, 1.82) is 0 Å². The van der Waals surface area contributed by atoms with E-state index in [0.717, 1.165) is 11.8 Å². The normalized spacial score (nSPS) is 16.1. The van der Waals surface area contributed by atoms with E-state index in [0.29, 0.717) is 26.2 Å². The summed E-state index contributed by atoms with van der Waals surface area (Å²) in [7, 11) is 1.45. The Bertz CT molecular complexity index is 849. The topological polar surface area (TPSA) is 49.8 Å². The number of carbonyl (C=O) groups is 1. The SMILES string of the molecule is COc1cccc(/C=C2\SC(=S)N(c3ccc(F)cc3)C2=O)c1O. The van der Waals surface area contributed by atoms with Crippen LogP contribution < -0.4 is 9.64 Å². The van der Waals surface area contributed by atoms with Crippen LogP contribution in [0.4, 0.5) is 10.1 Å². The van der Waals surface area contributed by atoms with E-state index in [1.54, 1.807) is 24.3 Å². The van der Waals surface area contributed by atoms with Crippen LogP contribution in [0.15, 0.2) is 47.4 Å². The smallest absolute Gasteiger partial charge is 0.270 e. The van der Waals surface area contributed by atoms with E-state index >= 15 is 0 Å². The van der Waals surface area contributed by atoms with E-state index in [9.17, 15) is 14.3 Å². The number of hydrogen-bond acceptors (Lipinski definition) is 5. The number of carbonyl (C=O) groups excluding carboxylic acids is 1. The third kappa shape index (κ3) is 3.00. The molecule has 1 heterocycles. The molecule has 0 aromatic heterocycles. The van der Waals surface area contributed by atoms with E-state index in [2.05, 4.69) is 0 Å². The van der Waals surface area contributed by atoms with Crippen molar-refractivity contribution < 1.29 is 19.0 Å². The molecule has 0 radical (unpaired) electrons. The molecule has 4 nitrogen and oxygen atoms in total. The van der Waals surface area contributed by atoms with Crippen LogP contribution >= 0.6 is 24.0 Å². The molecule has 24 heavy (non-hydrogen) atoms.